The molecular weight excluding hydrogens is 517 g/mol. The molecule has 2 aromatic carbocycles. The predicted octanol–water partition coefficient (Wildman–Crippen LogP) is 5.64. The van der Waals surface area contributed by atoms with Crippen LogP contribution in [-0.2, 0) is 25.3 Å². The number of carbonyl (C=O) groups is 3. The largest absolute Gasteiger partial charge is 0.456 e. The summed E-state index contributed by atoms with van der Waals surface area (Å²) in [6.45, 7) is 3.18. The summed E-state index contributed by atoms with van der Waals surface area (Å²) >= 11 is 9.23. The number of nitrogens with one attached hydrogen (secondary N) is 2. The van der Waals surface area contributed by atoms with Crippen LogP contribution < -0.4 is 10.6 Å². The molecule has 6 nitrogen and oxygen atoms in total. The van der Waals surface area contributed by atoms with Crippen molar-refractivity contribution in [3.8, 4) is 0 Å². The summed E-state index contributed by atoms with van der Waals surface area (Å²) in [5, 5.41) is 4.75. The van der Waals surface area contributed by atoms with Crippen molar-refractivity contribution in [1.29, 1.82) is 0 Å². The molecule has 0 aliphatic carbocycles. The van der Waals surface area contributed by atoms with E-state index in [-0.39, 0.29) is 23.6 Å². The number of aryl methyl sites for hydroxylation is 2. The third kappa shape index (κ3) is 7.52. The fourth-order valence-electron chi connectivity index (χ4n) is 2.66. The van der Waals surface area contributed by atoms with Crippen LogP contribution >= 0.6 is 27.5 Å². The van der Waals surface area contributed by atoms with Gasteiger partial charge in [-0.1, -0.05) is 27.5 Å². The van der Waals surface area contributed by atoms with Crippen molar-refractivity contribution in [2.75, 3.05) is 17.2 Å². The SMILES string of the molecule is Cc1cc(NC(=O)COC(=O)CCC(=O)Nc2cc(C(F)(F)F)ccc2Cl)cc(C)c1Br. The molecule has 0 radical (unpaired) electrons. The van der Waals surface area contributed by atoms with E-state index >= 15 is 0 Å². The molecule has 0 spiro atoms. The fourth-order valence-corrected chi connectivity index (χ4v) is 3.05. The maximum absolute atomic E-state index is 12.8. The number of amides is 2. The van der Waals surface area contributed by atoms with Crippen LogP contribution in [0.3, 0.4) is 0 Å². The van der Waals surface area contributed by atoms with Gasteiger partial charge in [-0.05, 0) is 55.3 Å². The van der Waals surface area contributed by atoms with E-state index in [0.29, 0.717) is 11.8 Å². The number of hydrogen-bond donors (Lipinski definition) is 2. The molecule has 2 N–H and O–H groups in total. The molecule has 0 aromatic heterocycles. The molecule has 0 saturated heterocycles. The van der Waals surface area contributed by atoms with E-state index in [0.717, 1.165) is 27.7 Å². The van der Waals surface area contributed by atoms with E-state index < -0.39 is 36.1 Å². The highest BCUT2D eigenvalue weighted by molar-refractivity contribution is 9.10. The molecule has 0 heterocycles. The van der Waals surface area contributed by atoms with Crippen molar-refractivity contribution < 1.29 is 32.3 Å². The van der Waals surface area contributed by atoms with Crippen LogP contribution in [0.15, 0.2) is 34.8 Å². The number of carbonyl (C=O) groups excluding carboxylic acids is 3. The monoisotopic (exact) mass is 534 g/mol. The van der Waals surface area contributed by atoms with E-state index in [9.17, 15) is 27.6 Å². The first-order valence-corrected chi connectivity index (χ1v) is 10.4. The fraction of sp³-hybridized carbons (Fsp3) is 0.286. The normalized spacial score (nSPS) is 11.1. The number of halogens is 5. The van der Waals surface area contributed by atoms with Crippen molar-refractivity contribution >= 4 is 56.7 Å². The topological polar surface area (TPSA) is 84.5 Å². The van der Waals surface area contributed by atoms with Gasteiger partial charge in [0.2, 0.25) is 5.91 Å². The molecule has 2 aromatic rings. The van der Waals surface area contributed by atoms with E-state index in [1.165, 1.54) is 0 Å². The van der Waals surface area contributed by atoms with E-state index in [2.05, 4.69) is 26.6 Å². The lowest BCUT2D eigenvalue weighted by Crippen LogP contribution is -2.22. The summed E-state index contributed by atoms with van der Waals surface area (Å²) in [6, 6.07) is 6.01. The Labute approximate surface area is 195 Å². The highest BCUT2D eigenvalue weighted by atomic mass is 79.9. The van der Waals surface area contributed by atoms with Gasteiger partial charge in [-0.2, -0.15) is 13.2 Å². The smallest absolute Gasteiger partial charge is 0.416 e. The Morgan fingerprint density at radius 2 is 1.62 bits per heavy atom. The summed E-state index contributed by atoms with van der Waals surface area (Å²) in [4.78, 5) is 35.7. The van der Waals surface area contributed by atoms with Gasteiger partial charge >= 0.3 is 12.1 Å². The summed E-state index contributed by atoms with van der Waals surface area (Å²) in [7, 11) is 0. The maximum atomic E-state index is 12.8. The van der Waals surface area contributed by atoms with Crippen LogP contribution in [-0.4, -0.2) is 24.4 Å². The minimum absolute atomic E-state index is 0.0796. The number of anilines is 2. The molecule has 0 unspecified atom stereocenters. The Hall–Kier alpha value is -2.59. The Bertz CT molecular complexity index is 1020. The van der Waals surface area contributed by atoms with Crippen molar-refractivity contribution in [3.05, 3.63) is 56.5 Å². The molecule has 0 atom stereocenters. The van der Waals surface area contributed by atoms with Crippen LogP contribution in [0.25, 0.3) is 0 Å². The van der Waals surface area contributed by atoms with Gasteiger partial charge in [0, 0.05) is 16.6 Å². The summed E-state index contributed by atoms with van der Waals surface area (Å²) in [5.74, 6) is -2.10. The highest BCUT2D eigenvalue weighted by Crippen LogP contribution is 2.33. The average molecular weight is 536 g/mol. The van der Waals surface area contributed by atoms with Crippen LogP contribution in [0, 0.1) is 13.8 Å². The zero-order valence-corrected chi connectivity index (χ0v) is 19.4. The first-order valence-electron chi connectivity index (χ1n) is 9.25. The average Bonchev–Trinajstić information content (AvgIpc) is 2.69. The van der Waals surface area contributed by atoms with E-state index in [1.54, 1.807) is 12.1 Å². The van der Waals surface area contributed by atoms with Gasteiger partial charge in [-0.15, -0.1) is 0 Å². The number of benzene rings is 2. The second-order valence-electron chi connectivity index (χ2n) is 6.87. The van der Waals surface area contributed by atoms with Crippen LogP contribution in [0.4, 0.5) is 24.5 Å². The number of ether oxygens (including phenoxy) is 1. The van der Waals surface area contributed by atoms with E-state index in [4.69, 9.17) is 16.3 Å². The van der Waals surface area contributed by atoms with Gasteiger partial charge in [-0.3, -0.25) is 14.4 Å². The summed E-state index contributed by atoms with van der Waals surface area (Å²) < 4.78 is 44.1. The molecule has 2 amide bonds. The maximum Gasteiger partial charge on any atom is 0.416 e. The molecule has 0 fully saturated rings. The highest BCUT2D eigenvalue weighted by Gasteiger charge is 2.31. The Morgan fingerprint density at radius 1 is 1.00 bits per heavy atom. The molecule has 0 bridgehead atoms. The minimum Gasteiger partial charge on any atom is -0.456 e. The molecule has 32 heavy (non-hydrogen) atoms. The number of esters is 1. The molecule has 0 aliphatic rings. The van der Waals surface area contributed by atoms with Gasteiger partial charge in [0.1, 0.15) is 0 Å². The standard InChI is InChI=1S/C21H19BrClF3N2O4/c1-11-7-14(8-12(2)20(11)22)27-18(30)10-32-19(31)6-5-17(29)28-16-9-13(21(24,25)26)3-4-15(16)23/h3-4,7-9H,5-6,10H2,1-2H3,(H,27,30)(H,28,29). The lowest BCUT2D eigenvalue weighted by Gasteiger charge is -2.12. The van der Waals surface area contributed by atoms with Gasteiger partial charge in [0.05, 0.1) is 22.7 Å². The second kappa shape index (κ2) is 10.8. The first kappa shape index (κ1) is 25.7. The molecule has 2 rings (SSSR count). The van der Waals surface area contributed by atoms with Crippen LogP contribution in [0.2, 0.25) is 5.02 Å². The predicted molar refractivity (Wildman–Crippen MR) is 118 cm³/mol. The summed E-state index contributed by atoms with van der Waals surface area (Å²) in [5.41, 5.74) is 1.19. The van der Waals surface area contributed by atoms with Crippen LogP contribution in [0.1, 0.15) is 29.5 Å². The molecule has 172 valence electrons. The van der Waals surface area contributed by atoms with Crippen molar-refractivity contribution in [2.45, 2.75) is 32.9 Å². The quantitative estimate of drug-likeness (QED) is 0.450. The van der Waals surface area contributed by atoms with Gasteiger partial charge in [0.15, 0.2) is 6.61 Å². The number of alkyl halides is 3. The minimum atomic E-state index is -4.60. The zero-order valence-electron chi connectivity index (χ0n) is 17.0. The van der Waals surface area contributed by atoms with Crippen molar-refractivity contribution in [3.63, 3.8) is 0 Å². The van der Waals surface area contributed by atoms with Gasteiger partial charge in [0.25, 0.3) is 5.91 Å². The molecule has 0 saturated carbocycles. The Morgan fingerprint density at radius 3 is 2.22 bits per heavy atom. The number of hydrogen-bond acceptors (Lipinski definition) is 4. The second-order valence-corrected chi connectivity index (χ2v) is 8.07. The summed E-state index contributed by atoms with van der Waals surface area (Å²) in [6.07, 6.45) is -5.33. The molecule has 0 aliphatic heterocycles. The third-order valence-corrected chi connectivity index (χ3v) is 5.79. The van der Waals surface area contributed by atoms with Gasteiger partial charge < -0.3 is 15.4 Å². The lowest BCUT2D eigenvalue weighted by atomic mass is 10.1. The van der Waals surface area contributed by atoms with E-state index in [1.807, 2.05) is 13.8 Å². The van der Waals surface area contributed by atoms with Crippen molar-refractivity contribution in [1.82, 2.24) is 0 Å². The number of rotatable bonds is 7. The molecule has 11 heteroatoms. The lowest BCUT2D eigenvalue weighted by molar-refractivity contribution is -0.147. The Balaban J connectivity index is 1.81. The third-order valence-electron chi connectivity index (χ3n) is 4.21. The van der Waals surface area contributed by atoms with Crippen LogP contribution in [0.5, 0.6) is 0 Å². The Kier molecular flexibility index (Phi) is 8.68. The van der Waals surface area contributed by atoms with Gasteiger partial charge in [-0.25, -0.2) is 0 Å². The van der Waals surface area contributed by atoms with Crippen molar-refractivity contribution in [2.24, 2.45) is 0 Å². The molecular formula is C21H19BrClF3N2O4. The first-order chi connectivity index (χ1) is 14.9. The zero-order chi connectivity index (χ0) is 24.1.